The minimum atomic E-state index is -0.0602. The summed E-state index contributed by atoms with van der Waals surface area (Å²) in [6, 6.07) is 11.3. The molecule has 5 nitrogen and oxygen atoms in total. The second-order valence-electron chi connectivity index (χ2n) is 6.78. The molecule has 2 aromatic carbocycles. The smallest absolute Gasteiger partial charge is 0.260 e. The number of ether oxygens (including phenoxy) is 1. The maximum atomic E-state index is 13.4. The highest BCUT2D eigenvalue weighted by molar-refractivity contribution is 7.23. The van der Waals surface area contributed by atoms with Crippen molar-refractivity contribution in [1.82, 2.24) is 9.88 Å². The van der Waals surface area contributed by atoms with Gasteiger partial charge in [-0.1, -0.05) is 54.5 Å². The number of carbonyl (C=O) groups is 1. The fourth-order valence-electron chi connectivity index (χ4n) is 3.22. The molecule has 0 unspecified atom stereocenters. The third-order valence-electron chi connectivity index (χ3n) is 4.94. The number of aryl methyl sites for hydroxylation is 1. The lowest BCUT2D eigenvalue weighted by Crippen LogP contribution is -2.38. The number of thiazole rings is 1. The third-order valence-corrected chi connectivity index (χ3v) is 6.48. The molecule has 0 spiro atoms. The average molecular weight is 432 g/mol. The molecule has 7 heteroatoms. The van der Waals surface area contributed by atoms with Gasteiger partial charge in [0, 0.05) is 18.7 Å². The van der Waals surface area contributed by atoms with E-state index in [1.54, 1.807) is 24.1 Å². The normalized spacial score (nSPS) is 11.2. The minimum absolute atomic E-state index is 0.0602. The van der Waals surface area contributed by atoms with Gasteiger partial charge in [0.05, 0.1) is 16.8 Å². The zero-order chi connectivity index (χ0) is 21.0. The molecule has 1 aromatic heterocycles. The largest absolute Gasteiger partial charge is 0.494 e. The van der Waals surface area contributed by atoms with E-state index in [2.05, 4.69) is 18.7 Å². The number of fused-ring (bicyclic) bond motifs is 1. The molecule has 154 valence electrons. The van der Waals surface area contributed by atoms with Crippen LogP contribution in [-0.4, -0.2) is 49.1 Å². The first-order valence-electron chi connectivity index (χ1n) is 9.72. The SMILES string of the molecule is CCN(CC)CCN(C(=O)c1cccc(C)c1)c1nc2c(OC)ccc(Cl)c2s1. The van der Waals surface area contributed by atoms with Crippen LogP contribution in [0.1, 0.15) is 29.8 Å². The number of hydrogen-bond donors (Lipinski definition) is 0. The molecular formula is C22H26ClN3O2S. The molecule has 0 atom stereocenters. The zero-order valence-corrected chi connectivity index (χ0v) is 18.8. The van der Waals surface area contributed by atoms with E-state index < -0.39 is 0 Å². The molecule has 29 heavy (non-hydrogen) atoms. The predicted octanol–water partition coefficient (Wildman–Crippen LogP) is 5.26. The molecule has 1 heterocycles. The maximum Gasteiger partial charge on any atom is 0.260 e. The van der Waals surface area contributed by atoms with Gasteiger partial charge in [-0.05, 0) is 44.3 Å². The molecule has 3 aromatic rings. The van der Waals surface area contributed by atoms with Gasteiger partial charge < -0.3 is 9.64 Å². The van der Waals surface area contributed by atoms with Crippen molar-refractivity contribution < 1.29 is 9.53 Å². The highest BCUT2D eigenvalue weighted by atomic mass is 35.5. The summed E-state index contributed by atoms with van der Waals surface area (Å²) < 4.78 is 6.27. The Bertz CT molecular complexity index is 1000. The van der Waals surface area contributed by atoms with E-state index >= 15 is 0 Å². The number of likely N-dealkylation sites (N-methyl/N-ethyl adjacent to an activating group) is 1. The highest BCUT2D eigenvalue weighted by Crippen LogP contribution is 2.39. The number of benzene rings is 2. The fourth-order valence-corrected chi connectivity index (χ4v) is 4.50. The summed E-state index contributed by atoms with van der Waals surface area (Å²) in [6.07, 6.45) is 0. The first-order valence-corrected chi connectivity index (χ1v) is 10.9. The summed E-state index contributed by atoms with van der Waals surface area (Å²) in [5.74, 6) is 0.591. The van der Waals surface area contributed by atoms with Crippen LogP contribution in [0.4, 0.5) is 5.13 Å². The van der Waals surface area contributed by atoms with Crippen LogP contribution in [0.2, 0.25) is 5.02 Å². The standard InChI is InChI=1S/C22H26ClN3O2S/c1-5-25(6-2)12-13-26(21(27)16-9-7-8-15(3)14-16)22-24-19-18(28-4)11-10-17(23)20(19)29-22/h7-11,14H,5-6,12-13H2,1-4H3. The van der Waals surface area contributed by atoms with Crippen molar-refractivity contribution in [3.8, 4) is 5.75 Å². The monoisotopic (exact) mass is 431 g/mol. The molecule has 0 aliphatic carbocycles. The van der Waals surface area contributed by atoms with E-state index in [1.807, 2.05) is 31.2 Å². The Hall–Kier alpha value is -2.15. The number of nitrogens with zero attached hydrogens (tertiary/aromatic N) is 3. The van der Waals surface area contributed by atoms with Crippen LogP contribution in [-0.2, 0) is 0 Å². The number of halogens is 1. The molecule has 0 fully saturated rings. The summed E-state index contributed by atoms with van der Waals surface area (Å²) in [5, 5.41) is 1.24. The Labute approximate surface area is 180 Å². The second kappa shape index (κ2) is 9.57. The topological polar surface area (TPSA) is 45.7 Å². The second-order valence-corrected chi connectivity index (χ2v) is 8.16. The number of methoxy groups -OCH3 is 1. The summed E-state index contributed by atoms with van der Waals surface area (Å²) in [6.45, 7) is 9.42. The van der Waals surface area contributed by atoms with Crippen molar-refractivity contribution in [2.75, 3.05) is 38.2 Å². The zero-order valence-electron chi connectivity index (χ0n) is 17.2. The van der Waals surface area contributed by atoms with E-state index in [1.165, 1.54) is 11.3 Å². The van der Waals surface area contributed by atoms with E-state index in [0.717, 1.165) is 29.9 Å². The van der Waals surface area contributed by atoms with Crippen molar-refractivity contribution in [3.63, 3.8) is 0 Å². The first-order chi connectivity index (χ1) is 14.0. The number of aromatic nitrogens is 1. The van der Waals surface area contributed by atoms with Crippen molar-refractivity contribution in [2.24, 2.45) is 0 Å². The maximum absolute atomic E-state index is 13.4. The van der Waals surface area contributed by atoms with Gasteiger partial charge in [0.2, 0.25) is 0 Å². The van der Waals surface area contributed by atoms with E-state index in [9.17, 15) is 4.79 Å². The number of anilines is 1. The van der Waals surface area contributed by atoms with Crippen LogP contribution in [0.25, 0.3) is 10.2 Å². The predicted molar refractivity (Wildman–Crippen MR) is 122 cm³/mol. The van der Waals surface area contributed by atoms with Crippen LogP contribution in [0.3, 0.4) is 0 Å². The average Bonchev–Trinajstić information content (AvgIpc) is 3.17. The summed E-state index contributed by atoms with van der Waals surface area (Å²) in [7, 11) is 1.61. The molecule has 0 aliphatic rings. The van der Waals surface area contributed by atoms with Gasteiger partial charge in [-0.2, -0.15) is 0 Å². The van der Waals surface area contributed by atoms with E-state index in [4.69, 9.17) is 21.3 Å². The summed E-state index contributed by atoms with van der Waals surface area (Å²) >= 11 is 7.82. The first kappa shape index (κ1) is 21.6. The Balaban J connectivity index is 2.03. The van der Waals surface area contributed by atoms with Gasteiger partial charge in [-0.25, -0.2) is 4.98 Å². The molecule has 0 saturated carbocycles. The number of amides is 1. The summed E-state index contributed by atoms with van der Waals surface area (Å²) in [4.78, 5) is 22.2. The third kappa shape index (κ3) is 4.71. The lowest BCUT2D eigenvalue weighted by molar-refractivity contribution is 0.0983. The lowest BCUT2D eigenvalue weighted by atomic mass is 10.1. The Morgan fingerprint density at radius 3 is 2.59 bits per heavy atom. The number of carbonyl (C=O) groups excluding carboxylic acids is 1. The molecule has 1 amide bonds. The Morgan fingerprint density at radius 1 is 1.17 bits per heavy atom. The van der Waals surface area contributed by atoms with Crippen LogP contribution in [0.15, 0.2) is 36.4 Å². The van der Waals surface area contributed by atoms with Crippen molar-refractivity contribution in [1.29, 1.82) is 0 Å². The van der Waals surface area contributed by atoms with Crippen LogP contribution < -0.4 is 9.64 Å². The van der Waals surface area contributed by atoms with Crippen LogP contribution >= 0.6 is 22.9 Å². The van der Waals surface area contributed by atoms with E-state index in [0.29, 0.717) is 33.5 Å². The number of rotatable bonds is 8. The van der Waals surface area contributed by atoms with Gasteiger partial charge in [-0.15, -0.1) is 0 Å². The highest BCUT2D eigenvalue weighted by Gasteiger charge is 2.23. The van der Waals surface area contributed by atoms with Gasteiger partial charge >= 0.3 is 0 Å². The number of hydrogen-bond acceptors (Lipinski definition) is 5. The Kier molecular flexibility index (Phi) is 7.11. The van der Waals surface area contributed by atoms with Gasteiger partial charge in [-0.3, -0.25) is 9.69 Å². The van der Waals surface area contributed by atoms with Crippen molar-refractivity contribution >= 4 is 44.2 Å². The van der Waals surface area contributed by atoms with Crippen molar-refractivity contribution in [2.45, 2.75) is 20.8 Å². The van der Waals surface area contributed by atoms with Gasteiger partial charge in [0.25, 0.3) is 5.91 Å². The molecule has 0 radical (unpaired) electrons. The van der Waals surface area contributed by atoms with Crippen LogP contribution in [0, 0.1) is 6.92 Å². The van der Waals surface area contributed by atoms with Gasteiger partial charge in [0.1, 0.15) is 11.3 Å². The molecule has 3 rings (SSSR count). The molecule has 0 aliphatic heterocycles. The summed E-state index contributed by atoms with van der Waals surface area (Å²) in [5.41, 5.74) is 2.39. The van der Waals surface area contributed by atoms with Gasteiger partial charge in [0.15, 0.2) is 5.13 Å². The van der Waals surface area contributed by atoms with Crippen LogP contribution in [0.5, 0.6) is 5.75 Å². The fraction of sp³-hybridized carbons (Fsp3) is 0.364. The molecule has 0 N–H and O–H groups in total. The molecular weight excluding hydrogens is 406 g/mol. The molecule has 0 bridgehead atoms. The minimum Gasteiger partial charge on any atom is -0.494 e. The Morgan fingerprint density at radius 2 is 1.93 bits per heavy atom. The molecule has 0 saturated heterocycles. The lowest BCUT2D eigenvalue weighted by Gasteiger charge is -2.24. The van der Waals surface area contributed by atoms with Crippen molar-refractivity contribution in [3.05, 3.63) is 52.5 Å². The van der Waals surface area contributed by atoms with E-state index in [-0.39, 0.29) is 5.91 Å². The quantitative estimate of drug-likeness (QED) is 0.488.